The molecule has 7 heteroatoms. The molecular formula is C13H17F3O3S. The molecule has 1 aromatic rings. The Hall–Kier alpha value is -1.24. The Morgan fingerprint density at radius 2 is 1.60 bits per heavy atom. The average molecular weight is 310 g/mol. The van der Waals surface area contributed by atoms with Crippen molar-refractivity contribution in [3.8, 4) is 5.75 Å². The number of halogens is 3. The van der Waals surface area contributed by atoms with Crippen molar-refractivity contribution < 1.29 is 26.3 Å². The highest BCUT2D eigenvalue weighted by Gasteiger charge is 2.35. The lowest BCUT2D eigenvalue weighted by Gasteiger charge is -2.24. The van der Waals surface area contributed by atoms with Crippen LogP contribution in [0, 0.1) is 0 Å². The second kappa shape index (κ2) is 5.63. The van der Waals surface area contributed by atoms with Crippen LogP contribution in [0.5, 0.6) is 5.75 Å². The number of ether oxygens (including phenoxy) is 1. The van der Waals surface area contributed by atoms with Crippen molar-refractivity contribution >= 4 is 9.84 Å². The minimum Gasteiger partial charge on any atom is -0.406 e. The van der Waals surface area contributed by atoms with Gasteiger partial charge in [0.2, 0.25) is 0 Å². The molecule has 0 atom stereocenters. The standard InChI is InChI=1S/C13H17F3O3S/c1-4-9-12(2,3)20(17,18)11-7-5-10(6-8-11)19-13(14,15)16/h5-8H,4,9H2,1-3H3. The lowest BCUT2D eigenvalue weighted by Crippen LogP contribution is -2.31. The van der Waals surface area contributed by atoms with Crippen LogP contribution in [0.3, 0.4) is 0 Å². The Kier molecular flexibility index (Phi) is 4.74. The topological polar surface area (TPSA) is 43.4 Å². The van der Waals surface area contributed by atoms with Crippen molar-refractivity contribution in [2.75, 3.05) is 0 Å². The molecule has 20 heavy (non-hydrogen) atoms. The quantitative estimate of drug-likeness (QED) is 0.827. The van der Waals surface area contributed by atoms with Gasteiger partial charge in [-0.25, -0.2) is 8.42 Å². The van der Waals surface area contributed by atoms with Gasteiger partial charge < -0.3 is 4.74 Å². The van der Waals surface area contributed by atoms with E-state index in [-0.39, 0.29) is 4.90 Å². The third kappa shape index (κ3) is 3.88. The van der Waals surface area contributed by atoms with Crippen LogP contribution in [0.1, 0.15) is 33.6 Å². The van der Waals surface area contributed by atoms with Crippen molar-refractivity contribution in [3.05, 3.63) is 24.3 Å². The average Bonchev–Trinajstić information content (AvgIpc) is 2.27. The van der Waals surface area contributed by atoms with Crippen LogP contribution >= 0.6 is 0 Å². The van der Waals surface area contributed by atoms with Gasteiger partial charge in [0.1, 0.15) is 5.75 Å². The van der Waals surface area contributed by atoms with Crippen LogP contribution in [-0.2, 0) is 9.84 Å². The Morgan fingerprint density at radius 3 is 2.00 bits per heavy atom. The fourth-order valence-electron chi connectivity index (χ4n) is 1.88. The molecule has 0 saturated carbocycles. The van der Waals surface area contributed by atoms with Gasteiger partial charge in [-0.3, -0.25) is 0 Å². The van der Waals surface area contributed by atoms with Crippen molar-refractivity contribution in [2.24, 2.45) is 0 Å². The summed E-state index contributed by atoms with van der Waals surface area (Å²) >= 11 is 0. The molecule has 0 N–H and O–H groups in total. The van der Waals surface area contributed by atoms with E-state index in [1.54, 1.807) is 13.8 Å². The van der Waals surface area contributed by atoms with E-state index < -0.39 is 26.7 Å². The molecule has 1 aromatic carbocycles. The Labute approximate surface area is 116 Å². The molecule has 0 aliphatic carbocycles. The lowest BCUT2D eigenvalue weighted by molar-refractivity contribution is -0.274. The fraction of sp³-hybridized carbons (Fsp3) is 0.538. The Balaban J connectivity index is 3.04. The first-order chi connectivity index (χ1) is 8.99. The summed E-state index contributed by atoms with van der Waals surface area (Å²) in [5, 5.41) is 0. The van der Waals surface area contributed by atoms with Gasteiger partial charge in [0.25, 0.3) is 0 Å². The van der Waals surface area contributed by atoms with Crippen LogP contribution in [0.25, 0.3) is 0 Å². The van der Waals surface area contributed by atoms with Crippen LogP contribution in [0.4, 0.5) is 13.2 Å². The molecule has 0 unspecified atom stereocenters. The summed E-state index contributed by atoms with van der Waals surface area (Å²) in [6, 6.07) is 4.27. The predicted octanol–water partition coefficient (Wildman–Crippen LogP) is 3.94. The molecule has 3 nitrogen and oxygen atoms in total. The third-order valence-electron chi connectivity index (χ3n) is 2.95. The maximum absolute atomic E-state index is 12.4. The maximum Gasteiger partial charge on any atom is 0.573 e. The second-order valence-electron chi connectivity index (χ2n) is 5.03. The van der Waals surface area contributed by atoms with Crippen LogP contribution < -0.4 is 4.74 Å². The van der Waals surface area contributed by atoms with E-state index in [4.69, 9.17) is 0 Å². The largest absolute Gasteiger partial charge is 0.573 e. The smallest absolute Gasteiger partial charge is 0.406 e. The summed E-state index contributed by atoms with van der Waals surface area (Å²) in [5.74, 6) is -0.440. The number of hydrogen-bond donors (Lipinski definition) is 0. The summed E-state index contributed by atoms with van der Waals surface area (Å²) in [5.41, 5.74) is 0. The highest BCUT2D eigenvalue weighted by molar-refractivity contribution is 7.92. The van der Waals surface area contributed by atoms with Crippen molar-refractivity contribution in [1.82, 2.24) is 0 Å². The van der Waals surface area contributed by atoms with Crippen LogP contribution in [0.15, 0.2) is 29.2 Å². The number of alkyl halides is 3. The van der Waals surface area contributed by atoms with Crippen molar-refractivity contribution in [2.45, 2.75) is 49.6 Å². The molecule has 0 aliphatic rings. The van der Waals surface area contributed by atoms with Crippen LogP contribution in [0.2, 0.25) is 0 Å². The molecule has 0 radical (unpaired) electrons. The van der Waals surface area contributed by atoms with E-state index in [1.807, 2.05) is 6.92 Å². The minimum atomic E-state index is -4.79. The van der Waals surface area contributed by atoms with Gasteiger partial charge in [-0.15, -0.1) is 13.2 Å². The zero-order valence-electron chi connectivity index (χ0n) is 11.5. The Bertz CT molecular complexity index is 545. The predicted molar refractivity (Wildman–Crippen MR) is 69.3 cm³/mol. The van der Waals surface area contributed by atoms with E-state index >= 15 is 0 Å². The van der Waals surface area contributed by atoms with Gasteiger partial charge in [-0.2, -0.15) is 0 Å². The van der Waals surface area contributed by atoms with Gasteiger partial charge in [0, 0.05) is 0 Å². The number of hydrogen-bond acceptors (Lipinski definition) is 3. The zero-order valence-corrected chi connectivity index (χ0v) is 12.3. The molecule has 1 rings (SSSR count). The van der Waals surface area contributed by atoms with Gasteiger partial charge in [-0.05, 0) is 44.5 Å². The summed E-state index contributed by atoms with van der Waals surface area (Å²) in [6.45, 7) is 5.08. The molecule has 0 aliphatic heterocycles. The van der Waals surface area contributed by atoms with Crippen molar-refractivity contribution in [3.63, 3.8) is 0 Å². The second-order valence-corrected chi connectivity index (χ2v) is 7.62. The first-order valence-electron chi connectivity index (χ1n) is 6.10. The first-order valence-corrected chi connectivity index (χ1v) is 7.58. The molecule has 0 saturated heterocycles. The molecule has 0 aromatic heterocycles. The molecule has 0 fully saturated rings. The van der Waals surface area contributed by atoms with Gasteiger partial charge in [0.15, 0.2) is 9.84 Å². The van der Waals surface area contributed by atoms with E-state index in [1.165, 1.54) is 0 Å². The van der Waals surface area contributed by atoms with Gasteiger partial charge in [-0.1, -0.05) is 13.3 Å². The SMILES string of the molecule is CCCC(C)(C)S(=O)(=O)c1ccc(OC(F)(F)F)cc1. The molecule has 0 heterocycles. The van der Waals surface area contributed by atoms with Crippen molar-refractivity contribution in [1.29, 1.82) is 0 Å². The lowest BCUT2D eigenvalue weighted by atomic mass is 10.1. The highest BCUT2D eigenvalue weighted by Crippen LogP contribution is 2.31. The molecule has 0 bridgehead atoms. The zero-order chi connectivity index (χ0) is 15.6. The highest BCUT2D eigenvalue weighted by atomic mass is 32.2. The summed E-state index contributed by atoms with van der Waals surface area (Å²) in [6.07, 6.45) is -3.63. The number of rotatable bonds is 5. The van der Waals surface area contributed by atoms with Crippen LogP contribution in [-0.4, -0.2) is 19.5 Å². The minimum absolute atomic E-state index is 0.00882. The monoisotopic (exact) mass is 310 g/mol. The van der Waals surface area contributed by atoms with E-state index in [2.05, 4.69) is 4.74 Å². The van der Waals surface area contributed by atoms with Gasteiger partial charge >= 0.3 is 6.36 Å². The van der Waals surface area contributed by atoms with E-state index in [0.29, 0.717) is 12.8 Å². The molecule has 0 amide bonds. The molecular weight excluding hydrogens is 293 g/mol. The third-order valence-corrected chi connectivity index (χ3v) is 5.50. The number of sulfone groups is 1. The van der Waals surface area contributed by atoms with Gasteiger partial charge in [0.05, 0.1) is 9.64 Å². The molecule has 0 spiro atoms. The normalized spacial score (nSPS) is 13.3. The fourth-order valence-corrected chi connectivity index (χ4v) is 3.48. The van der Waals surface area contributed by atoms with E-state index in [9.17, 15) is 21.6 Å². The summed E-state index contributed by atoms with van der Waals surface area (Å²) in [7, 11) is -3.60. The first kappa shape index (κ1) is 16.8. The Morgan fingerprint density at radius 1 is 1.10 bits per heavy atom. The summed E-state index contributed by atoms with van der Waals surface area (Å²) < 4.78 is 63.6. The van der Waals surface area contributed by atoms with E-state index in [0.717, 1.165) is 24.3 Å². The summed E-state index contributed by atoms with van der Waals surface area (Å²) in [4.78, 5) is -0.00882. The number of benzene rings is 1. The maximum atomic E-state index is 12.4. The molecule has 114 valence electrons.